The Morgan fingerprint density at radius 3 is 2.53 bits per heavy atom. The maximum atomic E-state index is 8.96. The SMILES string of the molecule is COCc1cccc(Cn2cc(-c3cc(-c4ccc(C#N)cc4)nc(N)n3)nn2)n1. The smallest absolute Gasteiger partial charge is 0.221 e. The highest BCUT2D eigenvalue weighted by Crippen LogP contribution is 2.23. The lowest BCUT2D eigenvalue weighted by atomic mass is 10.1. The number of aromatic nitrogens is 6. The van der Waals surface area contributed by atoms with Gasteiger partial charge < -0.3 is 10.5 Å². The maximum absolute atomic E-state index is 8.96. The van der Waals surface area contributed by atoms with Crippen molar-refractivity contribution in [2.45, 2.75) is 13.2 Å². The number of methoxy groups -OCH3 is 1. The lowest BCUT2D eigenvalue weighted by molar-refractivity contribution is 0.181. The van der Waals surface area contributed by atoms with Crippen LogP contribution in [0.5, 0.6) is 0 Å². The van der Waals surface area contributed by atoms with Crippen molar-refractivity contribution in [2.24, 2.45) is 0 Å². The summed E-state index contributed by atoms with van der Waals surface area (Å²) >= 11 is 0. The summed E-state index contributed by atoms with van der Waals surface area (Å²) in [5.74, 6) is 0.135. The molecule has 3 aromatic heterocycles. The van der Waals surface area contributed by atoms with Crippen molar-refractivity contribution in [2.75, 3.05) is 12.8 Å². The van der Waals surface area contributed by atoms with Crippen LogP contribution in [0.4, 0.5) is 5.95 Å². The summed E-state index contributed by atoms with van der Waals surface area (Å²) < 4.78 is 6.82. The number of rotatable bonds is 6. The number of anilines is 1. The predicted molar refractivity (Wildman–Crippen MR) is 110 cm³/mol. The molecular weight excluding hydrogens is 380 g/mol. The van der Waals surface area contributed by atoms with Gasteiger partial charge in [-0.05, 0) is 30.3 Å². The van der Waals surface area contributed by atoms with E-state index in [4.69, 9.17) is 15.7 Å². The van der Waals surface area contributed by atoms with Crippen LogP contribution in [0.25, 0.3) is 22.6 Å². The minimum Gasteiger partial charge on any atom is -0.378 e. The molecule has 0 saturated heterocycles. The van der Waals surface area contributed by atoms with Crippen LogP contribution < -0.4 is 5.73 Å². The molecule has 0 unspecified atom stereocenters. The fraction of sp³-hybridized carbons (Fsp3) is 0.143. The van der Waals surface area contributed by atoms with E-state index < -0.39 is 0 Å². The van der Waals surface area contributed by atoms with E-state index in [0.29, 0.717) is 35.8 Å². The van der Waals surface area contributed by atoms with Gasteiger partial charge in [-0.15, -0.1) is 5.10 Å². The number of benzene rings is 1. The zero-order valence-electron chi connectivity index (χ0n) is 16.2. The molecule has 0 atom stereocenters. The van der Waals surface area contributed by atoms with Crippen LogP contribution in [0.2, 0.25) is 0 Å². The minimum atomic E-state index is 0.135. The molecule has 0 radical (unpaired) electrons. The number of nitrogens with zero attached hydrogens (tertiary/aromatic N) is 7. The van der Waals surface area contributed by atoms with Gasteiger partial charge in [0.05, 0.1) is 53.8 Å². The zero-order valence-corrected chi connectivity index (χ0v) is 16.2. The predicted octanol–water partition coefficient (Wildman–Crippen LogP) is 2.45. The van der Waals surface area contributed by atoms with Crippen LogP contribution >= 0.6 is 0 Å². The van der Waals surface area contributed by atoms with Crippen molar-refractivity contribution in [1.29, 1.82) is 5.26 Å². The number of pyridine rings is 1. The van der Waals surface area contributed by atoms with Gasteiger partial charge in [-0.1, -0.05) is 23.4 Å². The molecule has 0 aliphatic heterocycles. The number of nitrogen functional groups attached to an aromatic ring is 1. The largest absolute Gasteiger partial charge is 0.378 e. The number of nitriles is 1. The highest BCUT2D eigenvalue weighted by Gasteiger charge is 2.11. The molecule has 4 aromatic rings. The lowest BCUT2D eigenvalue weighted by Crippen LogP contribution is -2.04. The summed E-state index contributed by atoms with van der Waals surface area (Å²) in [6.07, 6.45) is 1.79. The van der Waals surface area contributed by atoms with Gasteiger partial charge >= 0.3 is 0 Å². The van der Waals surface area contributed by atoms with E-state index in [1.807, 2.05) is 30.3 Å². The normalized spacial score (nSPS) is 10.7. The molecule has 148 valence electrons. The third-order valence-electron chi connectivity index (χ3n) is 4.33. The van der Waals surface area contributed by atoms with Crippen LogP contribution in [-0.2, 0) is 17.9 Å². The van der Waals surface area contributed by atoms with E-state index in [1.54, 1.807) is 36.2 Å². The quantitative estimate of drug-likeness (QED) is 0.524. The first kappa shape index (κ1) is 19.2. The summed E-state index contributed by atoms with van der Waals surface area (Å²) in [6, 6.07) is 16.8. The summed E-state index contributed by atoms with van der Waals surface area (Å²) in [7, 11) is 1.64. The Kier molecular flexibility index (Phi) is 5.41. The van der Waals surface area contributed by atoms with Crippen molar-refractivity contribution in [1.82, 2.24) is 29.9 Å². The highest BCUT2D eigenvalue weighted by molar-refractivity contribution is 5.67. The number of hydrogen-bond donors (Lipinski definition) is 1. The zero-order chi connectivity index (χ0) is 20.9. The molecule has 0 aliphatic carbocycles. The average molecular weight is 398 g/mol. The summed E-state index contributed by atoms with van der Waals surface area (Å²) in [6.45, 7) is 0.919. The van der Waals surface area contributed by atoms with Crippen molar-refractivity contribution in [3.8, 4) is 28.7 Å². The molecule has 9 nitrogen and oxygen atoms in total. The molecular formula is C21H18N8O. The Balaban J connectivity index is 1.59. The van der Waals surface area contributed by atoms with Crippen LogP contribution in [0, 0.1) is 11.3 Å². The fourth-order valence-corrected chi connectivity index (χ4v) is 2.97. The van der Waals surface area contributed by atoms with Gasteiger partial charge in [0.15, 0.2) is 0 Å². The third-order valence-corrected chi connectivity index (χ3v) is 4.33. The second kappa shape index (κ2) is 8.46. The molecule has 0 fully saturated rings. The molecule has 0 bridgehead atoms. The van der Waals surface area contributed by atoms with Gasteiger partial charge in [0.25, 0.3) is 0 Å². The van der Waals surface area contributed by atoms with Gasteiger partial charge in [0.2, 0.25) is 5.95 Å². The van der Waals surface area contributed by atoms with Crippen molar-refractivity contribution >= 4 is 5.95 Å². The molecule has 2 N–H and O–H groups in total. The first-order valence-corrected chi connectivity index (χ1v) is 9.14. The molecule has 0 spiro atoms. The third kappa shape index (κ3) is 4.29. The topological polar surface area (TPSA) is 128 Å². The van der Waals surface area contributed by atoms with E-state index in [2.05, 4.69) is 31.3 Å². The van der Waals surface area contributed by atoms with Crippen molar-refractivity contribution < 1.29 is 4.74 Å². The first-order valence-electron chi connectivity index (χ1n) is 9.14. The molecule has 4 rings (SSSR count). The molecule has 9 heteroatoms. The summed E-state index contributed by atoms with van der Waals surface area (Å²) in [5.41, 5.74) is 10.8. The highest BCUT2D eigenvalue weighted by atomic mass is 16.5. The van der Waals surface area contributed by atoms with Crippen LogP contribution in [0.15, 0.2) is 54.7 Å². The van der Waals surface area contributed by atoms with Gasteiger partial charge in [0.1, 0.15) is 5.69 Å². The number of nitrogens with two attached hydrogens (primary N) is 1. The van der Waals surface area contributed by atoms with Gasteiger partial charge in [-0.3, -0.25) is 4.98 Å². The lowest BCUT2D eigenvalue weighted by Gasteiger charge is -2.05. The van der Waals surface area contributed by atoms with E-state index in [0.717, 1.165) is 17.0 Å². The standard InChI is InChI=1S/C21H18N8O/c1-30-13-17-4-2-3-16(24-17)11-29-12-20(27-28-29)19-9-18(25-21(23)26-19)15-7-5-14(10-22)6-8-15/h2-9,12H,11,13H2,1H3,(H2,23,25,26). The van der Waals surface area contributed by atoms with Gasteiger partial charge in [-0.25, -0.2) is 14.6 Å². The fourth-order valence-electron chi connectivity index (χ4n) is 2.97. The second-order valence-electron chi connectivity index (χ2n) is 6.54. The van der Waals surface area contributed by atoms with Crippen molar-refractivity contribution in [3.63, 3.8) is 0 Å². The maximum Gasteiger partial charge on any atom is 0.221 e. The van der Waals surface area contributed by atoms with Gasteiger partial charge in [0, 0.05) is 12.7 Å². The summed E-state index contributed by atoms with van der Waals surface area (Å²) in [5, 5.41) is 17.4. The van der Waals surface area contributed by atoms with E-state index in [-0.39, 0.29) is 5.95 Å². The molecule has 3 heterocycles. The molecule has 0 amide bonds. The van der Waals surface area contributed by atoms with Crippen molar-refractivity contribution in [3.05, 3.63) is 71.7 Å². The second-order valence-corrected chi connectivity index (χ2v) is 6.54. The van der Waals surface area contributed by atoms with E-state index in [9.17, 15) is 0 Å². The summed E-state index contributed by atoms with van der Waals surface area (Å²) in [4.78, 5) is 13.1. The Labute approximate surface area is 172 Å². The first-order chi connectivity index (χ1) is 14.6. The molecule has 30 heavy (non-hydrogen) atoms. The van der Waals surface area contributed by atoms with Gasteiger partial charge in [-0.2, -0.15) is 5.26 Å². The molecule has 0 saturated carbocycles. The van der Waals surface area contributed by atoms with Crippen LogP contribution in [0.3, 0.4) is 0 Å². The Hall–Kier alpha value is -4.16. The Bertz CT molecular complexity index is 1210. The Morgan fingerprint density at radius 1 is 1.00 bits per heavy atom. The molecule has 1 aromatic carbocycles. The monoisotopic (exact) mass is 398 g/mol. The number of ether oxygens (including phenoxy) is 1. The average Bonchev–Trinajstić information content (AvgIpc) is 3.22. The number of hydrogen-bond acceptors (Lipinski definition) is 8. The Morgan fingerprint density at radius 2 is 1.77 bits per heavy atom. The van der Waals surface area contributed by atoms with E-state index in [1.165, 1.54) is 0 Å². The minimum absolute atomic E-state index is 0.135. The van der Waals surface area contributed by atoms with Crippen LogP contribution in [0.1, 0.15) is 17.0 Å². The van der Waals surface area contributed by atoms with E-state index >= 15 is 0 Å². The van der Waals surface area contributed by atoms with Crippen LogP contribution in [-0.4, -0.2) is 37.1 Å². The molecule has 0 aliphatic rings.